The number of hydrogen-bond acceptors (Lipinski definition) is 7. The summed E-state index contributed by atoms with van der Waals surface area (Å²) in [5.74, 6) is 0.953. The van der Waals surface area contributed by atoms with Crippen molar-refractivity contribution in [3.05, 3.63) is 65.2 Å². The highest BCUT2D eigenvalue weighted by molar-refractivity contribution is 7.92. The van der Waals surface area contributed by atoms with Gasteiger partial charge in [-0.2, -0.15) is 4.98 Å². The fourth-order valence-corrected chi connectivity index (χ4v) is 7.37. The van der Waals surface area contributed by atoms with Gasteiger partial charge in [-0.15, -0.1) is 0 Å². The van der Waals surface area contributed by atoms with Gasteiger partial charge in [0, 0.05) is 43.2 Å². The first-order chi connectivity index (χ1) is 19.1. The average molecular weight is 565 g/mol. The number of nitrogens with zero attached hydrogens (tertiary/aromatic N) is 3. The van der Waals surface area contributed by atoms with E-state index in [1.54, 1.807) is 13.2 Å². The van der Waals surface area contributed by atoms with Gasteiger partial charge in [0.1, 0.15) is 0 Å². The smallest absolute Gasteiger partial charge is 0.264 e. The molecule has 2 atom stereocenters. The first kappa shape index (κ1) is 28.5. The van der Waals surface area contributed by atoms with Gasteiger partial charge in [-0.1, -0.05) is 44.2 Å². The van der Waals surface area contributed by atoms with E-state index in [4.69, 9.17) is 9.47 Å². The Labute approximate surface area is 238 Å². The van der Waals surface area contributed by atoms with Crippen molar-refractivity contribution in [1.82, 2.24) is 14.9 Å². The molecule has 1 spiro atoms. The molecule has 0 amide bonds. The Morgan fingerprint density at radius 3 is 2.60 bits per heavy atom. The summed E-state index contributed by atoms with van der Waals surface area (Å²) in [5.41, 5.74) is 4.44. The number of hydrogen-bond donors (Lipinski definition) is 1. The first-order valence-corrected chi connectivity index (χ1v) is 15.5. The van der Waals surface area contributed by atoms with E-state index >= 15 is 0 Å². The van der Waals surface area contributed by atoms with Crippen molar-refractivity contribution < 1.29 is 17.9 Å². The highest BCUT2D eigenvalue weighted by Crippen LogP contribution is 2.45. The summed E-state index contributed by atoms with van der Waals surface area (Å²) < 4.78 is 41.9. The number of nitrogens with one attached hydrogen (secondary N) is 1. The summed E-state index contributed by atoms with van der Waals surface area (Å²) in [6.45, 7) is 12.2. The molecule has 8 nitrogen and oxygen atoms in total. The van der Waals surface area contributed by atoms with Crippen LogP contribution in [0.4, 0.5) is 5.95 Å². The SMILES string of the molecule is COCCN1CCC2(C1)c1cccc(c1)S(=O)(=O)Nc1nc(cc(-c3c(C)cccc3C)n1)OC[C@H]2CC(C)C. The molecule has 0 saturated carbocycles. The van der Waals surface area contributed by atoms with Crippen molar-refractivity contribution in [2.24, 2.45) is 11.8 Å². The van der Waals surface area contributed by atoms with Crippen molar-refractivity contribution >= 4 is 16.0 Å². The molecule has 3 heterocycles. The van der Waals surface area contributed by atoms with Gasteiger partial charge in [-0.05, 0) is 68.0 Å². The van der Waals surface area contributed by atoms with Crippen LogP contribution in [-0.2, 0) is 20.2 Å². The van der Waals surface area contributed by atoms with Crippen LogP contribution in [0.1, 0.15) is 43.4 Å². The van der Waals surface area contributed by atoms with Gasteiger partial charge < -0.3 is 14.4 Å². The van der Waals surface area contributed by atoms with Crippen molar-refractivity contribution in [1.29, 1.82) is 0 Å². The minimum Gasteiger partial charge on any atom is -0.477 e. The Morgan fingerprint density at radius 1 is 1.12 bits per heavy atom. The number of fused-ring (bicyclic) bond motifs is 5. The molecule has 3 aromatic rings. The second-order valence-corrected chi connectivity index (χ2v) is 13.3. The maximum atomic E-state index is 13.7. The van der Waals surface area contributed by atoms with Gasteiger partial charge >= 0.3 is 0 Å². The molecule has 1 fully saturated rings. The highest BCUT2D eigenvalue weighted by atomic mass is 32.2. The standard InChI is InChI=1S/C31H40N4O4S/c1-21(2)16-25-19-39-28-18-27(29-22(3)8-6-9-23(29)4)32-30(33-28)34-40(36,37)26-11-7-10-24(17-26)31(25)12-13-35(20-31)14-15-38-5/h6-11,17-18,21,25H,12-16,19-20H2,1-5H3,(H,32,33,34)/t25-,31?/m1/s1. The fraction of sp³-hybridized carbons (Fsp3) is 0.484. The van der Waals surface area contributed by atoms with Gasteiger partial charge in [-0.25, -0.2) is 18.1 Å². The topological polar surface area (TPSA) is 93.7 Å². The van der Waals surface area contributed by atoms with E-state index in [1.165, 1.54) is 0 Å². The second kappa shape index (κ2) is 11.5. The van der Waals surface area contributed by atoms with Crippen LogP contribution >= 0.6 is 0 Å². The Hall–Kier alpha value is -3.01. The fourth-order valence-electron chi connectivity index (χ4n) is 6.38. The third-order valence-corrected chi connectivity index (χ3v) is 9.67. The zero-order valence-corrected chi connectivity index (χ0v) is 24.9. The maximum absolute atomic E-state index is 13.7. The Morgan fingerprint density at radius 2 is 1.88 bits per heavy atom. The average Bonchev–Trinajstić information content (AvgIpc) is 3.34. The highest BCUT2D eigenvalue weighted by Gasteiger charge is 2.46. The third-order valence-electron chi connectivity index (χ3n) is 8.35. The molecule has 1 N–H and O–H groups in total. The molecule has 2 aliphatic rings. The van der Waals surface area contributed by atoms with E-state index in [1.807, 2.05) is 50.2 Å². The van der Waals surface area contributed by atoms with Crippen molar-refractivity contribution in [3.8, 4) is 17.1 Å². The Kier molecular flexibility index (Phi) is 8.17. The molecule has 0 aliphatic carbocycles. The van der Waals surface area contributed by atoms with Crippen LogP contribution in [0.25, 0.3) is 11.3 Å². The second-order valence-electron chi connectivity index (χ2n) is 11.6. The van der Waals surface area contributed by atoms with Crippen LogP contribution in [0.5, 0.6) is 5.88 Å². The zero-order chi connectivity index (χ0) is 28.5. The number of sulfonamides is 1. The molecule has 2 aromatic carbocycles. The predicted octanol–water partition coefficient (Wildman–Crippen LogP) is 5.21. The molecule has 5 rings (SSSR count). The van der Waals surface area contributed by atoms with Crippen LogP contribution in [0, 0.1) is 25.7 Å². The lowest BCUT2D eigenvalue weighted by Gasteiger charge is -2.39. The molecule has 4 bridgehead atoms. The van der Waals surface area contributed by atoms with E-state index in [-0.39, 0.29) is 22.2 Å². The van der Waals surface area contributed by atoms with Crippen molar-refractivity contribution in [2.45, 2.75) is 50.8 Å². The van der Waals surface area contributed by atoms with Crippen LogP contribution in [0.3, 0.4) is 0 Å². The van der Waals surface area contributed by atoms with Gasteiger partial charge in [-0.3, -0.25) is 0 Å². The predicted molar refractivity (Wildman–Crippen MR) is 157 cm³/mol. The molecule has 1 saturated heterocycles. The van der Waals surface area contributed by atoms with Crippen molar-refractivity contribution in [3.63, 3.8) is 0 Å². The van der Waals surface area contributed by atoms with Gasteiger partial charge in [0.25, 0.3) is 10.0 Å². The number of aromatic nitrogens is 2. The van der Waals surface area contributed by atoms with Crippen LogP contribution in [-0.4, -0.2) is 63.2 Å². The van der Waals surface area contributed by atoms with Crippen LogP contribution in [0.2, 0.25) is 0 Å². The third kappa shape index (κ3) is 5.73. The molecular formula is C31H40N4O4S. The summed E-state index contributed by atoms with van der Waals surface area (Å²) >= 11 is 0. The molecule has 9 heteroatoms. The number of benzene rings is 2. The largest absolute Gasteiger partial charge is 0.477 e. The minimum absolute atomic E-state index is 0.00265. The lowest BCUT2D eigenvalue weighted by Crippen LogP contribution is -2.42. The van der Waals surface area contributed by atoms with Gasteiger partial charge in [0.15, 0.2) is 0 Å². The molecule has 214 valence electrons. The van der Waals surface area contributed by atoms with Crippen LogP contribution < -0.4 is 9.46 Å². The van der Waals surface area contributed by atoms with Gasteiger partial charge in [0.05, 0.1) is 23.8 Å². The summed E-state index contributed by atoms with van der Waals surface area (Å²) in [4.78, 5) is 11.8. The minimum atomic E-state index is -3.94. The number of anilines is 1. The summed E-state index contributed by atoms with van der Waals surface area (Å²) in [7, 11) is -2.22. The van der Waals surface area contributed by atoms with Gasteiger partial charge in [0.2, 0.25) is 11.8 Å². The lowest BCUT2D eigenvalue weighted by atomic mass is 9.67. The van der Waals surface area contributed by atoms with E-state index in [0.717, 1.165) is 54.7 Å². The molecule has 0 radical (unpaired) electrons. The van der Waals surface area contributed by atoms with Crippen LogP contribution in [0.15, 0.2) is 53.4 Å². The van der Waals surface area contributed by atoms with E-state index < -0.39 is 10.0 Å². The summed E-state index contributed by atoms with van der Waals surface area (Å²) in [6, 6.07) is 15.3. The summed E-state index contributed by atoms with van der Waals surface area (Å²) in [6.07, 6.45) is 1.85. The Bertz CT molecular complexity index is 1460. The monoisotopic (exact) mass is 564 g/mol. The number of methoxy groups -OCH3 is 1. The Balaban J connectivity index is 1.65. The molecule has 40 heavy (non-hydrogen) atoms. The lowest BCUT2D eigenvalue weighted by molar-refractivity contribution is 0.126. The molecule has 1 aromatic heterocycles. The molecule has 2 aliphatic heterocycles. The number of likely N-dealkylation sites (tertiary alicyclic amines) is 1. The summed E-state index contributed by atoms with van der Waals surface area (Å²) in [5, 5.41) is 0. The quantitative estimate of drug-likeness (QED) is 0.440. The van der Waals surface area contributed by atoms with E-state index in [2.05, 4.69) is 39.5 Å². The zero-order valence-electron chi connectivity index (χ0n) is 24.1. The molecule has 1 unspecified atom stereocenters. The van der Waals surface area contributed by atoms with Crippen molar-refractivity contribution in [2.75, 3.05) is 44.7 Å². The van der Waals surface area contributed by atoms with E-state index in [9.17, 15) is 8.42 Å². The number of aryl methyl sites for hydroxylation is 2. The normalized spacial score (nSPS) is 22.4. The number of ether oxygens (including phenoxy) is 2. The first-order valence-electron chi connectivity index (χ1n) is 14.0. The maximum Gasteiger partial charge on any atom is 0.264 e. The number of rotatable bonds is 6. The molecular weight excluding hydrogens is 524 g/mol. The van der Waals surface area contributed by atoms with E-state index in [0.29, 0.717) is 30.7 Å².